The van der Waals surface area contributed by atoms with E-state index in [0.29, 0.717) is 11.0 Å². The van der Waals surface area contributed by atoms with Gasteiger partial charge in [-0.15, -0.1) is 0 Å². The Balaban J connectivity index is 1.36. The molecule has 2 atom stereocenters. The summed E-state index contributed by atoms with van der Waals surface area (Å²) in [6.07, 6.45) is 2.36. The van der Waals surface area contributed by atoms with Gasteiger partial charge in [0.05, 0.1) is 5.56 Å². The first-order valence-corrected chi connectivity index (χ1v) is 10.4. The van der Waals surface area contributed by atoms with E-state index in [0.717, 1.165) is 12.8 Å². The highest BCUT2D eigenvalue weighted by Gasteiger charge is 2.37. The molecule has 2 aliphatic rings. The number of fused-ring (bicyclic) bond motifs is 1. The molecule has 3 heterocycles. The predicted octanol–water partition coefficient (Wildman–Crippen LogP) is 1.57. The Kier molecular flexibility index (Phi) is 5.32. The number of hydrogen-bond donors (Lipinski definition) is 2. The average molecular weight is 439 g/mol. The molecule has 2 aromatic heterocycles. The Labute approximate surface area is 182 Å². The van der Waals surface area contributed by atoms with E-state index in [1.54, 1.807) is 37.5 Å². The Bertz CT molecular complexity index is 1240. The van der Waals surface area contributed by atoms with Crippen LogP contribution < -0.4 is 16.2 Å². The Morgan fingerprint density at radius 3 is 2.84 bits per heavy atom. The monoisotopic (exact) mass is 439 g/mol. The fourth-order valence-corrected chi connectivity index (χ4v) is 3.71. The standard InChI is InChI=1S/C22H22FN5O4/c1-28-19-12(8-15(21(28)30)14-4-2-3-5-16(14)23)9-24-22(27-19)25-10-17-18(32-11-31-17)20(29)26-13-6-7-13/h2-5,8-9,13,17-18H,6-7,10-11H2,1H3,(H,26,29)(H,24,25,27)/t17-,18+/m0/s1. The number of halogens is 1. The van der Waals surface area contributed by atoms with Crippen LogP contribution in [0.5, 0.6) is 0 Å². The molecular formula is C22H22FN5O4. The fraction of sp³-hybridized carbons (Fsp3) is 0.364. The number of carbonyl (C=O) groups excluding carboxylic acids is 1. The largest absolute Gasteiger partial charge is 0.351 e. The van der Waals surface area contributed by atoms with Gasteiger partial charge in [0, 0.05) is 36.8 Å². The summed E-state index contributed by atoms with van der Waals surface area (Å²) in [5.41, 5.74) is 0.505. The van der Waals surface area contributed by atoms with E-state index in [4.69, 9.17) is 9.47 Å². The molecule has 9 nitrogen and oxygen atoms in total. The van der Waals surface area contributed by atoms with Crippen LogP contribution in [-0.4, -0.2) is 52.0 Å². The lowest BCUT2D eigenvalue weighted by atomic mass is 10.1. The summed E-state index contributed by atoms with van der Waals surface area (Å²) >= 11 is 0. The highest BCUT2D eigenvalue weighted by atomic mass is 19.1. The fourth-order valence-electron chi connectivity index (χ4n) is 3.71. The van der Waals surface area contributed by atoms with Gasteiger partial charge in [0.15, 0.2) is 6.10 Å². The molecule has 1 saturated carbocycles. The number of amides is 1. The molecular weight excluding hydrogens is 417 g/mol. The van der Waals surface area contributed by atoms with Gasteiger partial charge in [-0.25, -0.2) is 9.37 Å². The molecule has 0 unspecified atom stereocenters. The van der Waals surface area contributed by atoms with Crippen LogP contribution in [0.15, 0.2) is 41.3 Å². The van der Waals surface area contributed by atoms with Crippen molar-refractivity contribution in [1.82, 2.24) is 19.9 Å². The van der Waals surface area contributed by atoms with E-state index in [1.807, 2.05) is 0 Å². The summed E-state index contributed by atoms with van der Waals surface area (Å²) in [5, 5.41) is 6.56. The lowest BCUT2D eigenvalue weighted by molar-refractivity contribution is -0.130. The second-order valence-electron chi connectivity index (χ2n) is 7.95. The highest BCUT2D eigenvalue weighted by Crippen LogP contribution is 2.23. The molecule has 5 rings (SSSR count). The number of carbonyl (C=O) groups is 1. The molecule has 1 amide bonds. The minimum atomic E-state index is -0.698. The van der Waals surface area contributed by atoms with Crippen molar-refractivity contribution in [3.05, 3.63) is 52.7 Å². The smallest absolute Gasteiger partial charge is 0.259 e. The van der Waals surface area contributed by atoms with Crippen molar-refractivity contribution >= 4 is 22.9 Å². The zero-order chi connectivity index (χ0) is 22.2. The Morgan fingerprint density at radius 1 is 1.25 bits per heavy atom. The summed E-state index contributed by atoms with van der Waals surface area (Å²) in [6.45, 7) is 0.302. The maximum absolute atomic E-state index is 14.2. The maximum atomic E-state index is 14.2. The van der Waals surface area contributed by atoms with Gasteiger partial charge in [-0.2, -0.15) is 4.98 Å². The van der Waals surface area contributed by atoms with E-state index in [2.05, 4.69) is 20.6 Å². The molecule has 1 aliphatic heterocycles. The lowest BCUT2D eigenvalue weighted by Crippen LogP contribution is -2.44. The van der Waals surface area contributed by atoms with E-state index < -0.39 is 18.0 Å². The van der Waals surface area contributed by atoms with E-state index in [1.165, 1.54) is 10.6 Å². The summed E-state index contributed by atoms with van der Waals surface area (Å²) in [4.78, 5) is 33.9. The lowest BCUT2D eigenvalue weighted by Gasteiger charge is -2.17. The number of aryl methyl sites for hydroxylation is 1. The molecule has 0 spiro atoms. The third-order valence-electron chi connectivity index (χ3n) is 5.62. The number of nitrogens with zero attached hydrogens (tertiary/aromatic N) is 3. The van der Waals surface area contributed by atoms with Crippen molar-refractivity contribution in [2.24, 2.45) is 7.05 Å². The first kappa shape index (κ1) is 20.5. The van der Waals surface area contributed by atoms with Crippen molar-refractivity contribution in [3.8, 4) is 11.1 Å². The van der Waals surface area contributed by atoms with Gasteiger partial charge in [0.1, 0.15) is 24.4 Å². The van der Waals surface area contributed by atoms with E-state index >= 15 is 0 Å². The number of nitrogens with one attached hydrogen (secondary N) is 2. The molecule has 0 bridgehead atoms. The van der Waals surface area contributed by atoms with Crippen molar-refractivity contribution in [2.75, 3.05) is 18.7 Å². The SMILES string of the molecule is Cn1c(=O)c(-c2ccccc2F)cc2cnc(NC[C@@H]3OCO[C@H]3C(=O)NC3CC3)nc21. The van der Waals surface area contributed by atoms with Crippen molar-refractivity contribution in [2.45, 2.75) is 31.1 Å². The highest BCUT2D eigenvalue weighted by molar-refractivity contribution is 5.83. The molecule has 10 heteroatoms. The summed E-state index contributed by atoms with van der Waals surface area (Å²) in [5.74, 6) is -0.371. The average Bonchev–Trinajstić information content (AvgIpc) is 3.48. The molecule has 1 aliphatic carbocycles. The maximum Gasteiger partial charge on any atom is 0.259 e. The molecule has 2 N–H and O–H groups in total. The van der Waals surface area contributed by atoms with E-state index in [-0.39, 0.29) is 47.9 Å². The summed E-state index contributed by atoms with van der Waals surface area (Å²) in [7, 11) is 1.58. The van der Waals surface area contributed by atoms with Crippen LogP contribution in [0, 0.1) is 5.82 Å². The van der Waals surface area contributed by atoms with Crippen molar-refractivity contribution < 1.29 is 18.7 Å². The molecule has 2 fully saturated rings. The van der Waals surface area contributed by atoms with Gasteiger partial charge in [0.25, 0.3) is 11.5 Å². The third kappa shape index (κ3) is 3.94. The van der Waals surface area contributed by atoms with Gasteiger partial charge >= 0.3 is 0 Å². The number of rotatable bonds is 6. The zero-order valence-corrected chi connectivity index (χ0v) is 17.4. The zero-order valence-electron chi connectivity index (χ0n) is 17.4. The molecule has 1 saturated heterocycles. The minimum absolute atomic E-state index is 0.0427. The Hall–Kier alpha value is -3.37. The molecule has 3 aromatic rings. The molecule has 0 radical (unpaired) electrons. The minimum Gasteiger partial charge on any atom is -0.351 e. The van der Waals surface area contributed by atoms with Crippen LogP contribution in [0.1, 0.15) is 12.8 Å². The van der Waals surface area contributed by atoms with E-state index in [9.17, 15) is 14.0 Å². The Morgan fingerprint density at radius 2 is 2.06 bits per heavy atom. The van der Waals surface area contributed by atoms with Gasteiger partial charge < -0.3 is 20.1 Å². The van der Waals surface area contributed by atoms with Crippen LogP contribution in [0.3, 0.4) is 0 Å². The predicted molar refractivity (Wildman–Crippen MR) is 114 cm³/mol. The number of benzene rings is 1. The van der Waals surface area contributed by atoms with Gasteiger partial charge in [-0.05, 0) is 25.0 Å². The van der Waals surface area contributed by atoms with Gasteiger partial charge in [0.2, 0.25) is 5.95 Å². The summed E-state index contributed by atoms with van der Waals surface area (Å²) < 4.78 is 26.5. The summed E-state index contributed by atoms with van der Waals surface area (Å²) in [6, 6.07) is 7.96. The second kappa shape index (κ2) is 8.29. The molecule has 1 aromatic carbocycles. The van der Waals surface area contributed by atoms with Crippen LogP contribution in [0.2, 0.25) is 0 Å². The topological polar surface area (TPSA) is 107 Å². The molecule has 32 heavy (non-hydrogen) atoms. The first-order chi connectivity index (χ1) is 15.5. The number of pyridine rings is 1. The number of ether oxygens (including phenoxy) is 2. The van der Waals surface area contributed by atoms with Crippen molar-refractivity contribution in [1.29, 1.82) is 0 Å². The number of hydrogen-bond acceptors (Lipinski definition) is 7. The van der Waals surface area contributed by atoms with Gasteiger partial charge in [-0.1, -0.05) is 18.2 Å². The number of anilines is 1. The first-order valence-electron chi connectivity index (χ1n) is 10.4. The van der Waals surface area contributed by atoms with Crippen LogP contribution in [-0.2, 0) is 21.3 Å². The second-order valence-corrected chi connectivity index (χ2v) is 7.95. The van der Waals surface area contributed by atoms with Crippen molar-refractivity contribution in [3.63, 3.8) is 0 Å². The normalized spacial score (nSPS) is 20.4. The third-order valence-corrected chi connectivity index (χ3v) is 5.62. The van der Waals surface area contributed by atoms with Crippen LogP contribution in [0.25, 0.3) is 22.2 Å². The quantitative estimate of drug-likeness (QED) is 0.600. The molecule has 166 valence electrons. The van der Waals surface area contributed by atoms with Crippen LogP contribution >= 0.6 is 0 Å². The number of aromatic nitrogens is 3. The van der Waals surface area contributed by atoms with Gasteiger partial charge in [-0.3, -0.25) is 14.2 Å². The van der Waals surface area contributed by atoms with Crippen LogP contribution in [0.4, 0.5) is 10.3 Å².